The fourth-order valence-corrected chi connectivity index (χ4v) is 5.36. The number of piperazine rings is 1. The van der Waals surface area contributed by atoms with Crippen molar-refractivity contribution in [1.82, 2.24) is 19.8 Å². The number of rotatable bonds is 5. The van der Waals surface area contributed by atoms with E-state index >= 15 is 0 Å². The number of azo groups is 1. The summed E-state index contributed by atoms with van der Waals surface area (Å²) in [4.78, 5) is 28.4. The first-order chi connectivity index (χ1) is 16.7. The topological polar surface area (TPSA) is 89.3 Å². The zero-order chi connectivity index (χ0) is 22.9. The van der Waals surface area contributed by atoms with Gasteiger partial charge in [-0.15, -0.1) is 0 Å². The highest BCUT2D eigenvalue weighted by molar-refractivity contribution is 5.78. The van der Waals surface area contributed by atoms with Gasteiger partial charge in [-0.2, -0.15) is 10.2 Å². The van der Waals surface area contributed by atoms with E-state index in [-0.39, 0.29) is 5.91 Å². The summed E-state index contributed by atoms with van der Waals surface area (Å²) in [7, 11) is 0. The molecule has 2 aromatic rings. The first-order valence-corrected chi connectivity index (χ1v) is 12.2. The molecule has 0 radical (unpaired) electrons. The van der Waals surface area contributed by atoms with Gasteiger partial charge < -0.3 is 15.1 Å². The van der Waals surface area contributed by atoms with Gasteiger partial charge in [-0.3, -0.25) is 9.69 Å². The molecule has 1 aliphatic carbocycles. The number of hydrogen-bond donors (Lipinski definition) is 1. The predicted molar refractivity (Wildman–Crippen MR) is 130 cm³/mol. The Bertz CT molecular complexity index is 1090. The van der Waals surface area contributed by atoms with Crippen LogP contribution < -0.4 is 10.2 Å². The Hall–Kier alpha value is -3.33. The van der Waals surface area contributed by atoms with E-state index in [1.54, 1.807) is 0 Å². The molecule has 0 atom stereocenters. The normalized spacial score (nSPS) is 20.6. The molecule has 9 nitrogen and oxygen atoms in total. The van der Waals surface area contributed by atoms with Crippen molar-refractivity contribution in [2.75, 3.05) is 62.6 Å². The van der Waals surface area contributed by atoms with Crippen molar-refractivity contribution < 1.29 is 4.79 Å². The maximum Gasteiger partial charge on any atom is 0.236 e. The van der Waals surface area contributed by atoms with Gasteiger partial charge in [0.2, 0.25) is 11.9 Å². The quantitative estimate of drug-likeness (QED) is 0.739. The number of hydrogen-bond acceptors (Lipinski definition) is 8. The molecule has 6 rings (SSSR count). The molecular weight excluding hydrogens is 428 g/mol. The molecular formula is C25H30N8O. The van der Waals surface area contributed by atoms with Crippen LogP contribution in [0.3, 0.4) is 0 Å². The molecule has 1 amide bonds. The monoisotopic (exact) mass is 458 g/mol. The first-order valence-electron chi connectivity index (χ1n) is 12.2. The molecule has 176 valence electrons. The minimum Gasteiger partial charge on any atom is -0.365 e. The second kappa shape index (κ2) is 9.13. The van der Waals surface area contributed by atoms with Crippen LogP contribution in [-0.4, -0.2) is 84.1 Å². The summed E-state index contributed by atoms with van der Waals surface area (Å²) in [5.41, 5.74) is 6.24. The van der Waals surface area contributed by atoms with Gasteiger partial charge in [0, 0.05) is 45.3 Å². The van der Waals surface area contributed by atoms with Crippen molar-refractivity contribution in [2.45, 2.75) is 25.3 Å². The van der Waals surface area contributed by atoms with E-state index in [1.807, 2.05) is 17.3 Å². The van der Waals surface area contributed by atoms with Gasteiger partial charge in [-0.05, 0) is 36.0 Å². The van der Waals surface area contributed by atoms with Crippen LogP contribution in [0.15, 0.2) is 58.2 Å². The summed E-state index contributed by atoms with van der Waals surface area (Å²) >= 11 is 0. The molecule has 34 heavy (non-hydrogen) atoms. The highest BCUT2D eigenvalue weighted by Crippen LogP contribution is 2.25. The highest BCUT2D eigenvalue weighted by Gasteiger charge is 2.27. The summed E-state index contributed by atoms with van der Waals surface area (Å²) in [6, 6.07) is 8.95. The molecule has 1 aromatic carbocycles. The lowest BCUT2D eigenvalue weighted by atomic mass is 10.1. The second-order valence-electron chi connectivity index (χ2n) is 9.56. The van der Waals surface area contributed by atoms with Crippen LogP contribution in [0, 0.1) is 0 Å². The van der Waals surface area contributed by atoms with Crippen molar-refractivity contribution in [2.24, 2.45) is 10.2 Å². The Kier molecular flexibility index (Phi) is 5.70. The minimum atomic E-state index is 0.201. The number of anilines is 2. The Labute approximate surface area is 199 Å². The number of aromatic nitrogens is 2. The molecule has 1 fully saturated rings. The third-order valence-electron chi connectivity index (χ3n) is 7.34. The van der Waals surface area contributed by atoms with Crippen LogP contribution in [0.4, 0.5) is 11.6 Å². The second-order valence-corrected chi connectivity index (χ2v) is 9.56. The average Bonchev–Trinajstić information content (AvgIpc) is 3.50. The molecule has 1 N–H and O–H groups in total. The number of amides is 1. The number of benzene rings is 1. The van der Waals surface area contributed by atoms with Crippen molar-refractivity contribution >= 4 is 17.5 Å². The molecule has 4 aliphatic rings. The summed E-state index contributed by atoms with van der Waals surface area (Å²) in [6.07, 6.45) is 6.78. The summed E-state index contributed by atoms with van der Waals surface area (Å²) in [5.74, 6) is 0.879. The van der Waals surface area contributed by atoms with E-state index in [0.717, 1.165) is 76.5 Å². The number of nitrogens with zero attached hydrogens (tertiary/aromatic N) is 7. The van der Waals surface area contributed by atoms with Crippen molar-refractivity contribution in [3.8, 4) is 0 Å². The Morgan fingerprint density at radius 2 is 1.74 bits per heavy atom. The Morgan fingerprint density at radius 3 is 2.47 bits per heavy atom. The van der Waals surface area contributed by atoms with Gasteiger partial charge in [0.15, 0.2) is 0 Å². The van der Waals surface area contributed by atoms with Crippen LogP contribution in [0.25, 0.3) is 0 Å². The third-order valence-corrected chi connectivity index (χ3v) is 7.34. The van der Waals surface area contributed by atoms with E-state index < -0.39 is 0 Å². The van der Waals surface area contributed by atoms with Crippen LogP contribution >= 0.6 is 0 Å². The lowest BCUT2D eigenvalue weighted by molar-refractivity contribution is -0.132. The molecule has 0 unspecified atom stereocenters. The fraction of sp³-hybridized carbons (Fsp3) is 0.480. The van der Waals surface area contributed by atoms with Gasteiger partial charge in [0.25, 0.3) is 0 Å². The molecule has 0 saturated carbocycles. The van der Waals surface area contributed by atoms with E-state index in [2.05, 4.69) is 59.6 Å². The van der Waals surface area contributed by atoms with E-state index in [4.69, 9.17) is 0 Å². The third kappa shape index (κ3) is 4.40. The smallest absolute Gasteiger partial charge is 0.236 e. The number of fused-ring (bicyclic) bond motifs is 1. The van der Waals surface area contributed by atoms with Crippen LogP contribution in [0.2, 0.25) is 0 Å². The van der Waals surface area contributed by atoms with Gasteiger partial charge >= 0.3 is 0 Å². The Balaban J connectivity index is 0.978. The van der Waals surface area contributed by atoms with Gasteiger partial charge in [-0.25, -0.2) is 9.97 Å². The van der Waals surface area contributed by atoms with Gasteiger partial charge in [0.05, 0.1) is 36.9 Å². The zero-order valence-corrected chi connectivity index (χ0v) is 19.4. The van der Waals surface area contributed by atoms with E-state index in [1.165, 1.54) is 16.7 Å². The minimum absolute atomic E-state index is 0.201. The molecule has 1 saturated heterocycles. The van der Waals surface area contributed by atoms with E-state index in [0.29, 0.717) is 18.5 Å². The average molecular weight is 459 g/mol. The molecule has 1 aromatic heterocycles. The number of carbonyl (C=O) groups excluding carboxylic acids is 1. The van der Waals surface area contributed by atoms with Gasteiger partial charge in [-0.1, -0.05) is 24.3 Å². The van der Waals surface area contributed by atoms with Crippen molar-refractivity contribution in [3.63, 3.8) is 0 Å². The van der Waals surface area contributed by atoms with Crippen molar-refractivity contribution in [1.29, 1.82) is 0 Å². The molecule has 3 aliphatic heterocycles. The predicted octanol–water partition coefficient (Wildman–Crippen LogP) is 2.13. The van der Waals surface area contributed by atoms with E-state index in [9.17, 15) is 4.79 Å². The largest absolute Gasteiger partial charge is 0.365 e. The lowest BCUT2D eigenvalue weighted by Crippen LogP contribution is -2.51. The van der Waals surface area contributed by atoms with Gasteiger partial charge in [0.1, 0.15) is 0 Å². The molecule has 9 heteroatoms. The SMILES string of the molecule is O=C(CN1CCC2=C(C1)N=NC2)N1CCN(c2cnc(NC3Cc4ccccc4C3)nc2)CC1. The molecule has 0 spiro atoms. The summed E-state index contributed by atoms with van der Waals surface area (Å²) in [6.45, 7) is 5.90. The molecule has 4 heterocycles. The number of carbonyl (C=O) groups is 1. The van der Waals surface area contributed by atoms with Crippen LogP contribution in [0.1, 0.15) is 17.5 Å². The summed E-state index contributed by atoms with van der Waals surface area (Å²) < 4.78 is 0. The zero-order valence-electron chi connectivity index (χ0n) is 19.4. The summed E-state index contributed by atoms with van der Waals surface area (Å²) in [5, 5.41) is 11.8. The maximum atomic E-state index is 12.9. The highest BCUT2D eigenvalue weighted by atomic mass is 16.2. The fourth-order valence-electron chi connectivity index (χ4n) is 5.36. The van der Waals surface area contributed by atoms with Crippen molar-refractivity contribution in [3.05, 3.63) is 59.1 Å². The van der Waals surface area contributed by atoms with Crippen LogP contribution in [0.5, 0.6) is 0 Å². The lowest BCUT2D eigenvalue weighted by Gasteiger charge is -2.37. The maximum absolute atomic E-state index is 12.9. The standard InChI is InChI=1S/C25H30N8O/c34-24(17-31-6-5-20-13-28-30-23(20)16-31)33-9-7-32(8-10-33)22-14-26-25(27-15-22)29-21-11-18-3-1-2-4-19(18)12-21/h1-4,14-15,21H,5-13,16-17H2,(H,26,27,29). The Morgan fingerprint density at radius 1 is 1.00 bits per heavy atom. The van der Waals surface area contributed by atoms with Crippen LogP contribution in [-0.2, 0) is 17.6 Å². The molecule has 0 bridgehead atoms. The number of nitrogens with one attached hydrogen (secondary N) is 1. The first kappa shape index (κ1) is 21.2.